The molecule has 0 spiro atoms. The minimum atomic E-state index is 0.0470. The first-order valence-corrected chi connectivity index (χ1v) is 8.27. The fourth-order valence-corrected chi connectivity index (χ4v) is 3.91. The SMILES string of the molecule is CC(Cc1cnccn1)NC(=O)c1csc2c1CCCC2. The Balaban J connectivity index is 1.65. The van der Waals surface area contributed by atoms with E-state index in [0.717, 1.165) is 24.1 Å². The summed E-state index contributed by atoms with van der Waals surface area (Å²) in [5, 5.41) is 5.10. The molecule has 1 unspecified atom stereocenters. The van der Waals surface area contributed by atoms with E-state index in [1.807, 2.05) is 12.3 Å². The molecule has 0 aliphatic heterocycles. The Labute approximate surface area is 128 Å². The van der Waals surface area contributed by atoms with E-state index in [2.05, 4.69) is 15.3 Å². The molecule has 1 atom stereocenters. The molecule has 4 nitrogen and oxygen atoms in total. The second-order valence-electron chi connectivity index (χ2n) is 5.53. The number of rotatable bonds is 4. The Morgan fingerprint density at radius 3 is 3.05 bits per heavy atom. The molecular weight excluding hydrogens is 282 g/mol. The van der Waals surface area contributed by atoms with Crippen molar-refractivity contribution in [3.8, 4) is 0 Å². The summed E-state index contributed by atoms with van der Waals surface area (Å²) in [4.78, 5) is 22.1. The first-order valence-electron chi connectivity index (χ1n) is 7.39. The van der Waals surface area contributed by atoms with Crippen LogP contribution in [0.15, 0.2) is 24.0 Å². The topological polar surface area (TPSA) is 54.9 Å². The molecule has 0 radical (unpaired) electrons. The predicted molar refractivity (Wildman–Crippen MR) is 83.6 cm³/mol. The summed E-state index contributed by atoms with van der Waals surface area (Å²) < 4.78 is 0. The quantitative estimate of drug-likeness (QED) is 0.944. The highest BCUT2D eigenvalue weighted by atomic mass is 32.1. The van der Waals surface area contributed by atoms with Gasteiger partial charge in [0.1, 0.15) is 0 Å². The number of aromatic nitrogens is 2. The van der Waals surface area contributed by atoms with E-state index in [-0.39, 0.29) is 11.9 Å². The van der Waals surface area contributed by atoms with E-state index in [9.17, 15) is 4.79 Å². The number of hydrogen-bond acceptors (Lipinski definition) is 4. The monoisotopic (exact) mass is 301 g/mol. The van der Waals surface area contributed by atoms with Crippen LogP contribution >= 0.6 is 11.3 Å². The number of hydrogen-bond donors (Lipinski definition) is 1. The van der Waals surface area contributed by atoms with Gasteiger partial charge in [0, 0.05) is 41.3 Å². The summed E-state index contributed by atoms with van der Waals surface area (Å²) in [5.74, 6) is 0.0470. The van der Waals surface area contributed by atoms with E-state index in [1.54, 1.807) is 29.9 Å². The summed E-state index contributed by atoms with van der Waals surface area (Å²) in [6.45, 7) is 2.01. The number of amides is 1. The molecule has 1 aliphatic rings. The molecule has 5 heteroatoms. The van der Waals surface area contributed by atoms with Gasteiger partial charge in [-0.1, -0.05) is 0 Å². The van der Waals surface area contributed by atoms with Gasteiger partial charge in [-0.3, -0.25) is 14.8 Å². The van der Waals surface area contributed by atoms with E-state index >= 15 is 0 Å². The Bertz CT molecular complexity index is 624. The molecule has 2 heterocycles. The molecule has 3 rings (SSSR count). The van der Waals surface area contributed by atoms with Crippen molar-refractivity contribution in [2.24, 2.45) is 0 Å². The maximum Gasteiger partial charge on any atom is 0.252 e. The Morgan fingerprint density at radius 2 is 2.24 bits per heavy atom. The molecular formula is C16H19N3OS. The van der Waals surface area contributed by atoms with E-state index < -0.39 is 0 Å². The van der Waals surface area contributed by atoms with Gasteiger partial charge in [0.05, 0.1) is 11.3 Å². The maximum absolute atomic E-state index is 12.4. The van der Waals surface area contributed by atoms with Gasteiger partial charge in [0.2, 0.25) is 0 Å². The lowest BCUT2D eigenvalue weighted by atomic mass is 9.95. The third-order valence-corrected chi connectivity index (χ3v) is 4.90. The molecule has 1 aliphatic carbocycles. The lowest BCUT2D eigenvalue weighted by Crippen LogP contribution is -2.34. The van der Waals surface area contributed by atoms with Crippen molar-refractivity contribution < 1.29 is 4.79 Å². The van der Waals surface area contributed by atoms with Crippen molar-refractivity contribution in [3.05, 3.63) is 45.7 Å². The van der Waals surface area contributed by atoms with Crippen LogP contribution in [0, 0.1) is 0 Å². The first-order chi connectivity index (χ1) is 10.2. The lowest BCUT2D eigenvalue weighted by molar-refractivity contribution is 0.0939. The van der Waals surface area contributed by atoms with Crippen molar-refractivity contribution >= 4 is 17.2 Å². The molecule has 0 saturated heterocycles. The van der Waals surface area contributed by atoms with Gasteiger partial charge >= 0.3 is 0 Å². The average molecular weight is 301 g/mol. The average Bonchev–Trinajstić information content (AvgIpc) is 2.92. The summed E-state index contributed by atoms with van der Waals surface area (Å²) in [5.41, 5.74) is 3.05. The zero-order chi connectivity index (χ0) is 14.7. The third-order valence-electron chi connectivity index (χ3n) is 3.82. The Morgan fingerprint density at radius 1 is 1.38 bits per heavy atom. The molecule has 2 aromatic rings. The molecule has 21 heavy (non-hydrogen) atoms. The van der Waals surface area contributed by atoms with Gasteiger partial charge < -0.3 is 5.32 Å². The van der Waals surface area contributed by atoms with Crippen molar-refractivity contribution in [1.29, 1.82) is 0 Å². The molecule has 110 valence electrons. The molecule has 0 saturated carbocycles. The third kappa shape index (κ3) is 3.29. The zero-order valence-corrected chi connectivity index (χ0v) is 12.9. The van der Waals surface area contributed by atoms with Gasteiger partial charge in [-0.25, -0.2) is 0 Å². The van der Waals surface area contributed by atoms with Gasteiger partial charge in [-0.05, 0) is 38.2 Å². The number of fused-ring (bicyclic) bond motifs is 1. The number of thiophene rings is 1. The van der Waals surface area contributed by atoms with Gasteiger partial charge in [-0.15, -0.1) is 11.3 Å². The second-order valence-corrected chi connectivity index (χ2v) is 6.50. The first kappa shape index (κ1) is 14.2. The normalized spacial score (nSPS) is 15.3. The van der Waals surface area contributed by atoms with Crippen molar-refractivity contribution in [2.45, 2.75) is 45.1 Å². The van der Waals surface area contributed by atoms with Crippen LogP contribution in [0.4, 0.5) is 0 Å². The van der Waals surface area contributed by atoms with Crippen LogP contribution in [0.3, 0.4) is 0 Å². The highest BCUT2D eigenvalue weighted by Gasteiger charge is 2.21. The number of carbonyl (C=O) groups excluding carboxylic acids is 1. The van der Waals surface area contributed by atoms with Crippen LogP contribution in [0.5, 0.6) is 0 Å². The lowest BCUT2D eigenvalue weighted by Gasteiger charge is -2.15. The van der Waals surface area contributed by atoms with Crippen LogP contribution in [-0.4, -0.2) is 21.9 Å². The van der Waals surface area contributed by atoms with Crippen molar-refractivity contribution in [1.82, 2.24) is 15.3 Å². The summed E-state index contributed by atoms with van der Waals surface area (Å²) >= 11 is 1.73. The van der Waals surface area contributed by atoms with E-state index in [0.29, 0.717) is 6.42 Å². The minimum Gasteiger partial charge on any atom is -0.349 e. The van der Waals surface area contributed by atoms with Crippen LogP contribution < -0.4 is 5.32 Å². The largest absolute Gasteiger partial charge is 0.349 e. The van der Waals surface area contributed by atoms with Crippen LogP contribution in [0.25, 0.3) is 0 Å². The standard InChI is InChI=1S/C16H19N3OS/c1-11(8-12-9-17-6-7-18-12)19-16(20)14-10-21-15-5-3-2-4-13(14)15/h6-7,9-11H,2-5,8H2,1H3,(H,19,20). The van der Waals surface area contributed by atoms with Gasteiger partial charge in [0.15, 0.2) is 0 Å². The van der Waals surface area contributed by atoms with E-state index in [4.69, 9.17) is 0 Å². The summed E-state index contributed by atoms with van der Waals surface area (Å²) in [7, 11) is 0. The van der Waals surface area contributed by atoms with Gasteiger partial charge in [-0.2, -0.15) is 0 Å². The zero-order valence-electron chi connectivity index (χ0n) is 12.1. The van der Waals surface area contributed by atoms with Crippen LogP contribution in [0.2, 0.25) is 0 Å². The van der Waals surface area contributed by atoms with E-state index in [1.165, 1.54) is 23.3 Å². The highest BCUT2D eigenvalue weighted by molar-refractivity contribution is 7.10. The smallest absolute Gasteiger partial charge is 0.252 e. The molecule has 0 bridgehead atoms. The number of carbonyl (C=O) groups is 1. The maximum atomic E-state index is 12.4. The van der Waals surface area contributed by atoms with Crippen LogP contribution in [-0.2, 0) is 19.3 Å². The number of aryl methyl sites for hydroxylation is 1. The van der Waals surface area contributed by atoms with Crippen molar-refractivity contribution in [3.63, 3.8) is 0 Å². The fourth-order valence-electron chi connectivity index (χ4n) is 2.79. The Hall–Kier alpha value is -1.75. The molecule has 2 aromatic heterocycles. The number of nitrogens with one attached hydrogen (secondary N) is 1. The Kier molecular flexibility index (Phi) is 4.29. The summed E-state index contributed by atoms with van der Waals surface area (Å²) in [6.07, 6.45) is 10.4. The molecule has 1 amide bonds. The summed E-state index contributed by atoms with van der Waals surface area (Å²) in [6, 6.07) is 0.0494. The molecule has 0 fully saturated rings. The van der Waals surface area contributed by atoms with Crippen molar-refractivity contribution in [2.75, 3.05) is 0 Å². The number of nitrogens with zero attached hydrogens (tertiary/aromatic N) is 2. The fraction of sp³-hybridized carbons (Fsp3) is 0.438. The minimum absolute atomic E-state index is 0.0470. The second kappa shape index (κ2) is 6.35. The molecule has 1 N–H and O–H groups in total. The molecule has 0 aromatic carbocycles. The highest BCUT2D eigenvalue weighted by Crippen LogP contribution is 2.30. The predicted octanol–water partition coefficient (Wildman–Crippen LogP) is 2.78. The van der Waals surface area contributed by atoms with Gasteiger partial charge in [0.25, 0.3) is 5.91 Å². The van der Waals surface area contributed by atoms with Crippen LogP contribution in [0.1, 0.15) is 46.3 Å².